The highest BCUT2D eigenvalue weighted by Crippen LogP contribution is 2.35. The molecule has 0 unspecified atom stereocenters. The highest BCUT2D eigenvalue weighted by atomic mass is 19.1. The molecule has 106 valence electrons. The van der Waals surface area contributed by atoms with Crippen molar-refractivity contribution in [1.29, 1.82) is 0 Å². The maximum atomic E-state index is 13.8. The lowest BCUT2D eigenvalue weighted by molar-refractivity contribution is 0.0144. The van der Waals surface area contributed by atoms with E-state index in [1.165, 1.54) is 18.2 Å². The van der Waals surface area contributed by atoms with Crippen molar-refractivity contribution >= 4 is 0 Å². The molecule has 19 heavy (non-hydrogen) atoms. The summed E-state index contributed by atoms with van der Waals surface area (Å²) in [6.45, 7) is 5.02. The zero-order valence-corrected chi connectivity index (χ0v) is 11.3. The normalized spacial score (nSPS) is 18.5. The smallest absolute Gasteiger partial charge is 0.129 e. The Bertz CT molecular complexity index is 396. The molecular formula is C15H21F2NO. The van der Waals surface area contributed by atoms with Crippen molar-refractivity contribution in [3.05, 3.63) is 35.4 Å². The predicted molar refractivity (Wildman–Crippen MR) is 71.1 cm³/mol. The average molecular weight is 269 g/mol. The van der Waals surface area contributed by atoms with Gasteiger partial charge in [0.2, 0.25) is 0 Å². The van der Waals surface area contributed by atoms with Gasteiger partial charge in [0.25, 0.3) is 0 Å². The SMILES string of the molecule is CCNCC1(Cc2c(F)cccc2F)CCOCC1. The Morgan fingerprint density at radius 1 is 1.21 bits per heavy atom. The molecule has 1 aliphatic heterocycles. The summed E-state index contributed by atoms with van der Waals surface area (Å²) < 4.78 is 33.0. The van der Waals surface area contributed by atoms with Crippen molar-refractivity contribution in [2.75, 3.05) is 26.3 Å². The molecule has 1 aromatic carbocycles. The van der Waals surface area contributed by atoms with Crippen LogP contribution in [0.2, 0.25) is 0 Å². The molecule has 0 aromatic heterocycles. The van der Waals surface area contributed by atoms with Crippen molar-refractivity contribution < 1.29 is 13.5 Å². The molecule has 0 atom stereocenters. The predicted octanol–water partition coefficient (Wildman–Crippen LogP) is 2.91. The lowest BCUT2D eigenvalue weighted by Crippen LogP contribution is -2.41. The molecule has 1 aromatic rings. The molecule has 2 rings (SSSR count). The molecule has 2 nitrogen and oxygen atoms in total. The van der Waals surface area contributed by atoms with Crippen molar-refractivity contribution in [1.82, 2.24) is 5.32 Å². The van der Waals surface area contributed by atoms with Gasteiger partial charge in [-0.15, -0.1) is 0 Å². The Balaban J connectivity index is 2.19. The zero-order valence-electron chi connectivity index (χ0n) is 11.3. The van der Waals surface area contributed by atoms with Gasteiger partial charge in [-0.05, 0) is 43.4 Å². The largest absolute Gasteiger partial charge is 0.381 e. The zero-order chi connectivity index (χ0) is 13.7. The first-order valence-electron chi connectivity index (χ1n) is 6.88. The van der Waals surface area contributed by atoms with Gasteiger partial charge in [-0.3, -0.25) is 0 Å². The van der Waals surface area contributed by atoms with Crippen LogP contribution < -0.4 is 5.32 Å². The van der Waals surface area contributed by atoms with Gasteiger partial charge in [-0.2, -0.15) is 0 Å². The van der Waals surface area contributed by atoms with Crippen molar-refractivity contribution in [3.63, 3.8) is 0 Å². The molecule has 1 saturated heterocycles. The standard InChI is InChI=1S/C15H21F2NO/c1-2-18-11-15(6-8-19-9-7-15)10-12-13(16)4-3-5-14(12)17/h3-5,18H,2,6-11H2,1H3. The van der Waals surface area contributed by atoms with E-state index in [4.69, 9.17) is 4.74 Å². The third-order valence-corrected chi connectivity index (χ3v) is 3.92. The van der Waals surface area contributed by atoms with Crippen LogP contribution in [0.4, 0.5) is 8.78 Å². The van der Waals surface area contributed by atoms with E-state index >= 15 is 0 Å². The van der Waals surface area contributed by atoms with Crippen LogP contribution in [0, 0.1) is 17.0 Å². The minimum absolute atomic E-state index is 0.0999. The molecule has 0 saturated carbocycles. The number of halogens is 2. The van der Waals surface area contributed by atoms with Crippen LogP contribution in [0.15, 0.2) is 18.2 Å². The van der Waals surface area contributed by atoms with Crippen LogP contribution in [-0.2, 0) is 11.2 Å². The fourth-order valence-electron chi connectivity index (χ4n) is 2.69. The summed E-state index contributed by atoms with van der Waals surface area (Å²) in [6, 6.07) is 4.08. The van der Waals surface area contributed by atoms with Crippen LogP contribution in [0.25, 0.3) is 0 Å². The minimum Gasteiger partial charge on any atom is -0.381 e. The number of rotatable bonds is 5. The first-order valence-corrected chi connectivity index (χ1v) is 6.88. The fourth-order valence-corrected chi connectivity index (χ4v) is 2.69. The van der Waals surface area contributed by atoms with Gasteiger partial charge in [0.05, 0.1) is 0 Å². The topological polar surface area (TPSA) is 21.3 Å². The molecule has 0 spiro atoms. The summed E-state index contributed by atoms with van der Waals surface area (Å²) in [5.74, 6) is -0.885. The van der Waals surface area contributed by atoms with Crippen molar-refractivity contribution in [2.24, 2.45) is 5.41 Å². The van der Waals surface area contributed by atoms with Gasteiger partial charge in [0.1, 0.15) is 11.6 Å². The number of ether oxygens (including phenoxy) is 1. The number of benzene rings is 1. The summed E-state index contributed by atoms with van der Waals surface area (Å²) in [5, 5.41) is 3.32. The van der Waals surface area contributed by atoms with Gasteiger partial charge < -0.3 is 10.1 Å². The monoisotopic (exact) mass is 269 g/mol. The Hall–Kier alpha value is -1.00. The Morgan fingerprint density at radius 3 is 2.42 bits per heavy atom. The van der Waals surface area contributed by atoms with Crippen LogP contribution in [-0.4, -0.2) is 26.3 Å². The van der Waals surface area contributed by atoms with Gasteiger partial charge in [-0.1, -0.05) is 13.0 Å². The molecule has 1 heterocycles. The van der Waals surface area contributed by atoms with E-state index in [0.29, 0.717) is 19.6 Å². The average Bonchev–Trinajstić information content (AvgIpc) is 2.42. The Morgan fingerprint density at radius 2 is 1.84 bits per heavy atom. The first-order chi connectivity index (χ1) is 9.17. The van der Waals surface area contributed by atoms with E-state index in [9.17, 15) is 8.78 Å². The van der Waals surface area contributed by atoms with E-state index in [1.54, 1.807) is 0 Å². The highest BCUT2D eigenvalue weighted by molar-refractivity contribution is 5.21. The van der Waals surface area contributed by atoms with Crippen molar-refractivity contribution in [3.8, 4) is 0 Å². The van der Waals surface area contributed by atoms with Gasteiger partial charge in [0, 0.05) is 25.3 Å². The van der Waals surface area contributed by atoms with Crippen LogP contribution >= 0.6 is 0 Å². The highest BCUT2D eigenvalue weighted by Gasteiger charge is 2.34. The summed E-state index contributed by atoms with van der Waals surface area (Å²) in [4.78, 5) is 0. The molecule has 0 bridgehead atoms. The van der Waals surface area contributed by atoms with Gasteiger partial charge in [-0.25, -0.2) is 8.78 Å². The summed E-state index contributed by atoms with van der Waals surface area (Å²) >= 11 is 0. The quantitative estimate of drug-likeness (QED) is 0.887. The molecule has 1 N–H and O–H groups in total. The van der Waals surface area contributed by atoms with E-state index < -0.39 is 11.6 Å². The van der Waals surface area contributed by atoms with E-state index in [0.717, 1.165) is 25.9 Å². The molecule has 0 radical (unpaired) electrons. The molecule has 0 aliphatic carbocycles. The third kappa shape index (κ3) is 3.51. The fraction of sp³-hybridized carbons (Fsp3) is 0.600. The summed E-state index contributed by atoms with van der Waals surface area (Å²) in [6.07, 6.45) is 2.11. The Kier molecular flexibility index (Phi) is 4.88. The van der Waals surface area contributed by atoms with Gasteiger partial charge >= 0.3 is 0 Å². The first kappa shape index (κ1) is 14.4. The molecule has 4 heteroatoms. The molecule has 1 fully saturated rings. The second-order valence-electron chi connectivity index (χ2n) is 5.27. The maximum Gasteiger partial charge on any atom is 0.129 e. The van der Waals surface area contributed by atoms with E-state index in [1.807, 2.05) is 6.92 Å². The summed E-state index contributed by atoms with van der Waals surface area (Å²) in [5.41, 5.74) is 0.111. The molecule has 0 amide bonds. The van der Waals surface area contributed by atoms with Crippen LogP contribution in [0.1, 0.15) is 25.3 Å². The minimum atomic E-state index is -0.442. The lowest BCUT2D eigenvalue weighted by Gasteiger charge is -2.37. The van der Waals surface area contributed by atoms with E-state index in [-0.39, 0.29) is 11.0 Å². The van der Waals surface area contributed by atoms with E-state index in [2.05, 4.69) is 5.32 Å². The van der Waals surface area contributed by atoms with Crippen LogP contribution in [0.5, 0.6) is 0 Å². The maximum absolute atomic E-state index is 13.8. The second kappa shape index (κ2) is 6.44. The summed E-state index contributed by atoms with van der Waals surface area (Å²) in [7, 11) is 0. The van der Waals surface area contributed by atoms with Gasteiger partial charge in [0.15, 0.2) is 0 Å². The molecular weight excluding hydrogens is 248 g/mol. The number of nitrogens with one attached hydrogen (secondary N) is 1. The number of hydrogen-bond acceptors (Lipinski definition) is 2. The molecule has 1 aliphatic rings. The lowest BCUT2D eigenvalue weighted by atomic mass is 9.75. The number of hydrogen-bond donors (Lipinski definition) is 1. The third-order valence-electron chi connectivity index (χ3n) is 3.92. The van der Waals surface area contributed by atoms with Crippen LogP contribution in [0.3, 0.4) is 0 Å². The Labute approximate surface area is 113 Å². The second-order valence-corrected chi connectivity index (χ2v) is 5.27. The van der Waals surface area contributed by atoms with Crippen molar-refractivity contribution in [2.45, 2.75) is 26.2 Å².